The van der Waals surface area contributed by atoms with Crippen molar-refractivity contribution in [2.24, 2.45) is 0 Å². The van der Waals surface area contributed by atoms with E-state index in [0.717, 1.165) is 10.5 Å². The third kappa shape index (κ3) is 3.55. The number of methoxy groups -OCH3 is 1. The molecule has 3 aromatic carbocycles. The van der Waals surface area contributed by atoms with Crippen molar-refractivity contribution in [2.75, 3.05) is 17.3 Å². The van der Waals surface area contributed by atoms with E-state index in [4.69, 9.17) is 4.74 Å². The Labute approximate surface area is 173 Å². The Kier molecular flexibility index (Phi) is 5.06. The first-order valence-corrected chi connectivity index (χ1v) is 9.34. The van der Waals surface area contributed by atoms with Gasteiger partial charge in [-0.1, -0.05) is 29.8 Å². The maximum atomic E-state index is 13.4. The zero-order valence-electron chi connectivity index (χ0n) is 16.5. The molecule has 0 spiro atoms. The molecular weight excluding hydrogens is 383 g/mol. The van der Waals surface area contributed by atoms with Crippen LogP contribution >= 0.6 is 0 Å². The molecule has 0 unspecified atom stereocenters. The lowest BCUT2D eigenvalue weighted by atomic mass is 10.0. The topological polar surface area (TPSA) is 58.6 Å². The van der Waals surface area contributed by atoms with Gasteiger partial charge in [0.1, 0.15) is 17.3 Å². The molecular formula is C24H19FN2O3. The number of hydrogen-bond donors (Lipinski definition) is 1. The molecule has 0 atom stereocenters. The lowest BCUT2D eigenvalue weighted by Gasteiger charge is -2.15. The Bertz CT molecular complexity index is 1130. The number of aryl methyl sites for hydroxylation is 1. The summed E-state index contributed by atoms with van der Waals surface area (Å²) in [6, 6.07) is 19.6. The summed E-state index contributed by atoms with van der Waals surface area (Å²) in [4.78, 5) is 27.7. The molecule has 0 aliphatic carbocycles. The number of carbonyl (C=O) groups is 2. The zero-order chi connectivity index (χ0) is 21.3. The van der Waals surface area contributed by atoms with Crippen molar-refractivity contribution in [1.82, 2.24) is 0 Å². The minimum atomic E-state index is -0.473. The number of nitrogens with one attached hydrogen (secondary N) is 1. The van der Waals surface area contributed by atoms with Crippen LogP contribution in [0, 0.1) is 12.7 Å². The number of anilines is 2. The van der Waals surface area contributed by atoms with Crippen LogP contribution in [0.2, 0.25) is 0 Å². The second-order valence-corrected chi connectivity index (χ2v) is 6.89. The van der Waals surface area contributed by atoms with Gasteiger partial charge in [0.2, 0.25) is 0 Å². The van der Waals surface area contributed by atoms with Gasteiger partial charge in [0.25, 0.3) is 11.8 Å². The van der Waals surface area contributed by atoms with Crippen LogP contribution in [0.1, 0.15) is 11.1 Å². The number of halogens is 1. The van der Waals surface area contributed by atoms with Gasteiger partial charge in [0, 0.05) is 5.69 Å². The summed E-state index contributed by atoms with van der Waals surface area (Å²) < 4.78 is 18.6. The number of imide groups is 1. The molecule has 1 aliphatic heterocycles. The van der Waals surface area contributed by atoms with Crippen molar-refractivity contribution in [1.29, 1.82) is 0 Å². The lowest BCUT2D eigenvalue weighted by molar-refractivity contribution is -0.120. The molecule has 1 aliphatic rings. The normalized spacial score (nSPS) is 13.8. The van der Waals surface area contributed by atoms with Crippen LogP contribution in [-0.4, -0.2) is 18.9 Å². The number of amides is 2. The molecule has 0 fully saturated rings. The van der Waals surface area contributed by atoms with Crippen molar-refractivity contribution in [3.8, 4) is 5.75 Å². The highest BCUT2D eigenvalue weighted by molar-refractivity contribution is 6.46. The first-order chi connectivity index (χ1) is 14.5. The molecule has 4 rings (SSSR count). The van der Waals surface area contributed by atoms with Gasteiger partial charge >= 0.3 is 0 Å². The van der Waals surface area contributed by atoms with Crippen molar-refractivity contribution < 1.29 is 18.7 Å². The highest BCUT2D eigenvalue weighted by atomic mass is 19.1. The largest absolute Gasteiger partial charge is 0.497 e. The van der Waals surface area contributed by atoms with E-state index in [9.17, 15) is 14.0 Å². The smallest absolute Gasteiger partial charge is 0.282 e. The van der Waals surface area contributed by atoms with Crippen LogP contribution in [0.25, 0.3) is 5.57 Å². The predicted octanol–water partition coefficient (Wildman–Crippen LogP) is 4.54. The average Bonchev–Trinajstić information content (AvgIpc) is 3.00. The number of benzene rings is 3. The van der Waals surface area contributed by atoms with Gasteiger partial charge in [-0.25, -0.2) is 9.29 Å². The number of hydrogen-bond acceptors (Lipinski definition) is 4. The average molecular weight is 402 g/mol. The Balaban J connectivity index is 1.78. The van der Waals surface area contributed by atoms with Crippen LogP contribution < -0.4 is 15.0 Å². The fourth-order valence-electron chi connectivity index (χ4n) is 3.28. The standard InChI is InChI=1S/C24H19FN2O3/c1-15-3-11-19(12-4-15)27-23(28)21(16-5-7-17(25)8-6-16)22(24(27)29)26-18-9-13-20(30-2)14-10-18/h3-14,26H,1-2H3. The molecule has 0 radical (unpaired) electrons. The molecule has 0 saturated heterocycles. The van der Waals surface area contributed by atoms with Crippen LogP contribution in [0.3, 0.4) is 0 Å². The Morgan fingerprint density at radius 3 is 2.07 bits per heavy atom. The number of carbonyl (C=O) groups excluding carboxylic acids is 2. The van der Waals surface area contributed by atoms with Crippen molar-refractivity contribution in [3.63, 3.8) is 0 Å². The zero-order valence-corrected chi connectivity index (χ0v) is 16.5. The second-order valence-electron chi connectivity index (χ2n) is 6.89. The van der Waals surface area contributed by atoms with Crippen LogP contribution in [0.15, 0.2) is 78.5 Å². The van der Waals surface area contributed by atoms with Crippen LogP contribution in [0.4, 0.5) is 15.8 Å². The SMILES string of the molecule is COc1ccc(NC2=C(c3ccc(F)cc3)C(=O)N(c3ccc(C)cc3)C2=O)cc1. The van der Waals surface area contributed by atoms with E-state index >= 15 is 0 Å². The predicted molar refractivity (Wildman–Crippen MR) is 114 cm³/mol. The van der Waals surface area contributed by atoms with Crippen molar-refractivity contribution in [2.45, 2.75) is 6.92 Å². The summed E-state index contributed by atoms with van der Waals surface area (Å²) in [5.41, 5.74) is 2.90. The van der Waals surface area contributed by atoms with Crippen LogP contribution in [-0.2, 0) is 9.59 Å². The maximum Gasteiger partial charge on any atom is 0.282 e. The number of ether oxygens (including phenoxy) is 1. The second kappa shape index (κ2) is 7.83. The van der Waals surface area contributed by atoms with Gasteiger partial charge in [0.05, 0.1) is 18.4 Å². The highest BCUT2D eigenvalue weighted by Crippen LogP contribution is 2.34. The fourth-order valence-corrected chi connectivity index (χ4v) is 3.28. The third-order valence-electron chi connectivity index (χ3n) is 4.87. The third-order valence-corrected chi connectivity index (χ3v) is 4.87. The van der Waals surface area contributed by atoms with E-state index < -0.39 is 17.6 Å². The molecule has 3 aromatic rings. The maximum absolute atomic E-state index is 13.4. The van der Waals surface area contributed by atoms with E-state index in [1.54, 1.807) is 43.5 Å². The molecule has 5 nitrogen and oxygen atoms in total. The summed E-state index contributed by atoms with van der Waals surface area (Å²) in [5.74, 6) is -0.690. The van der Waals surface area contributed by atoms with Crippen molar-refractivity contribution >= 4 is 28.8 Å². The van der Waals surface area contributed by atoms with Crippen molar-refractivity contribution in [3.05, 3.63) is 95.4 Å². The highest BCUT2D eigenvalue weighted by Gasteiger charge is 2.40. The monoisotopic (exact) mass is 402 g/mol. The minimum absolute atomic E-state index is 0.136. The summed E-state index contributed by atoms with van der Waals surface area (Å²) >= 11 is 0. The van der Waals surface area contributed by atoms with Gasteiger partial charge < -0.3 is 10.1 Å². The summed E-state index contributed by atoms with van der Waals surface area (Å²) in [6.45, 7) is 1.93. The fraction of sp³-hybridized carbons (Fsp3) is 0.0833. The van der Waals surface area contributed by atoms with Gasteiger partial charge in [0.15, 0.2) is 0 Å². The quantitative estimate of drug-likeness (QED) is 0.637. The van der Waals surface area contributed by atoms with E-state index in [-0.39, 0.29) is 11.3 Å². The van der Waals surface area contributed by atoms with Gasteiger partial charge in [-0.05, 0) is 61.0 Å². The Morgan fingerprint density at radius 2 is 1.47 bits per heavy atom. The van der Waals surface area contributed by atoms with E-state index in [1.165, 1.54) is 24.3 Å². The molecule has 150 valence electrons. The minimum Gasteiger partial charge on any atom is -0.497 e. The van der Waals surface area contributed by atoms with Gasteiger partial charge in [-0.15, -0.1) is 0 Å². The number of nitrogens with zero attached hydrogens (tertiary/aromatic N) is 1. The summed E-state index contributed by atoms with van der Waals surface area (Å²) in [5, 5.41) is 3.06. The number of rotatable bonds is 5. The van der Waals surface area contributed by atoms with Gasteiger partial charge in [-0.3, -0.25) is 9.59 Å². The molecule has 0 aromatic heterocycles. The molecule has 6 heteroatoms. The first-order valence-electron chi connectivity index (χ1n) is 9.34. The van der Waals surface area contributed by atoms with E-state index in [1.807, 2.05) is 19.1 Å². The van der Waals surface area contributed by atoms with E-state index in [0.29, 0.717) is 22.7 Å². The Morgan fingerprint density at radius 1 is 0.833 bits per heavy atom. The Hall–Kier alpha value is -3.93. The van der Waals surface area contributed by atoms with E-state index in [2.05, 4.69) is 5.32 Å². The molecule has 0 saturated carbocycles. The lowest BCUT2D eigenvalue weighted by Crippen LogP contribution is -2.32. The molecule has 30 heavy (non-hydrogen) atoms. The molecule has 1 N–H and O–H groups in total. The summed E-state index contributed by atoms with van der Waals surface area (Å²) in [6.07, 6.45) is 0. The summed E-state index contributed by atoms with van der Waals surface area (Å²) in [7, 11) is 1.57. The molecule has 1 heterocycles. The first kappa shape index (κ1) is 19.4. The van der Waals surface area contributed by atoms with Gasteiger partial charge in [-0.2, -0.15) is 0 Å². The van der Waals surface area contributed by atoms with Crippen LogP contribution in [0.5, 0.6) is 5.75 Å². The molecule has 0 bridgehead atoms. The molecule has 2 amide bonds.